The molecule has 4 atom stereocenters. The number of unbranched alkanes of at least 4 members (excludes halogenated alkanes) is 25. The van der Waals surface area contributed by atoms with E-state index in [1.165, 1.54) is 141 Å². The molecule has 0 spiro atoms. The Bertz CT molecular complexity index is 742. The van der Waals surface area contributed by atoms with Crippen LogP contribution < -0.4 is 5.32 Å². The van der Waals surface area contributed by atoms with Crippen LogP contribution in [0.4, 0.5) is 0 Å². The van der Waals surface area contributed by atoms with Crippen LogP contribution in [0.15, 0.2) is 24.3 Å². The van der Waals surface area contributed by atoms with Gasteiger partial charge in [0.05, 0.1) is 18.8 Å². The predicted octanol–water partition coefficient (Wildman–Crippen LogP) is 10.8. The van der Waals surface area contributed by atoms with E-state index in [-0.39, 0.29) is 0 Å². The van der Waals surface area contributed by atoms with Gasteiger partial charge in [0.15, 0.2) is 0 Å². The van der Waals surface area contributed by atoms with Crippen molar-refractivity contribution in [3.8, 4) is 0 Å². The summed E-state index contributed by atoms with van der Waals surface area (Å²) in [5, 5.41) is 43.6. The second-order valence-electron chi connectivity index (χ2n) is 14.7. The Labute approximate surface area is 304 Å². The second-order valence-corrected chi connectivity index (χ2v) is 14.7. The van der Waals surface area contributed by atoms with Crippen molar-refractivity contribution in [2.75, 3.05) is 6.61 Å². The molecule has 290 valence electrons. The fourth-order valence-corrected chi connectivity index (χ4v) is 6.48. The van der Waals surface area contributed by atoms with Crippen LogP contribution in [-0.4, -0.2) is 57.3 Å². The zero-order valence-corrected chi connectivity index (χ0v) is 32.4. The van der Waals surface area contributed by atoms with Crippen molar-refractivity contribution in [2.45, 2.75) is 237 Å². The average molecular weight is 694 g/mol. The molecule has 0 aliphatic rings. The maximum absolute atomic E-state index is 12.5. The van der Waals surface area contributed by atoms with E-state index in [1.807, 2.05) is 0 Å². The van der Waals surface area contributed by atoms with Gasteiger partial charge >= 0.3 is 0 Å². The number of hydrogen-bond donors (Lipinski definition) is 5. The Balaban J connectivity index is 3.82. The number of allylic oxidation sites excluding steroid dienone is 4. The molecule has 0 radical (unpaired) electrons. The largest absolute Gasteiger partial charge is 0.394 e. The summed E-state index contributed by atoms with van der Waals surface area (Å²) in [5.41, 5.74) is 0. The number of nitrogens with one attached hydrogen (secondary N) is 1. The summed E-state index contributed by atoms with van der Waals surface area (Å²) in [6.07, 6.45) is 42.0. The lowest BCUT2D eigenvalue weighted by Gasteiger charge is -2.27. The van der Waals surface area contributed by atoms with E-state index in [2.05, 4.69) is 43.5 Å². The predicted molar refractivity (Wildman–Crippen MR) is 210 cm³/mol. The summed E-state index contributed by atoms with van der Waals surface area (Å²) < 4.78 is 0. The molecular formula is C43H83NO5. The van der Waals surface area contributed by atoms with Gasteiger partial charge < -0.3 is 25.7 Å². The first-order valence-corrected chi connectivity index (χ1v) is 21.2. The third-order valence-electron chi connectivity index (χ3n) is 9.89. The Hall–Kier alpha value is -1.21. The maximum atomic E-state index is 12.5. The lowest BCUT2D eigenvalue weighted by Crippen LogP contribution is -2.53. The fourth-order valence-electron chi connectivity index (χ4n) is 6.48. The summed E-state index contributed by atoms with van der Waals surface area (Å²) in [6.45, 7) is 4.03. The van der Waals surface area contributed by atoms with Gasteiger partial charge in [0.2, 0.25) is 5.91 Å². The van der Waals surface area contributed by atoms with Crippen molar-refractivity contribution in [3.63, 3.8) is 0 Å². The fraction of sp³-hybridized carbons (Fsp3) is 0.884. The third-order valence-corrected chi connectivity index (χ3v) is 9.89. The van der Waals surface area contributed by atoms with Crippen LogP contribution in [0.2, 0.25) is 0 Å². The van der Waals surface area contributed by atoms with Gasteiger partial charge in [-0.15, -0.1) is 0 Å². The number of hydrogen-bond acceptors (Lipinski definition) is 5. The van der Waals surface area contributed by atoms with Gasteiger partial charge in [0, 0.05) is 0 Å². The van der Waals surface area contributed by atoms with Gasteiger partial charge in [-0.2, -0.15) is 0 Å². The Kier molecular flexibility index (Phi) is 37.1. The second kappa shape index (κ2) is 38.0. The molecule has 0 aliphatic carbocycles. The van der Waals surface area contributed by atoms with Crippen LogP contribution in [0.5, 0.6) is 0 Å². The summed E-state index contributed by atoms with van der Waals surface area (Å²) in [4.78, 5) is 12.5. The quantitative estimate of drug-likeness (QED) is 0.0327. The van der Waals surface area contributed by atoms with E-state index >= 15 is 0 Å². The molecule has 6 heteroatoms. The number of carbonyl (C=O) groups is 1. The molecule has 0 heterocycles. The summed E-state index contributed by atoms with van der Waals surface area (Å²) in [6, 6.07) is -1.00. The molecule has 0 aliphatic heterocycles. The highest BCUT2D eigenvalue weighted by Gasteiger charge is 2.28. The number of rotatable bonds is 38. The van der Waals surface area contributed by atoms with Gasteiger partial charge in [-0.05, 0) is 51.4 Å². The van der Waals surface area contributed by atoms with Gasteiger partial charge in [-0.3, -0.25) is 4.79 Å². The lowest BCUT2D eigenvalue weighted by atomic mass is 10.00. The van der Waals surface area contributed by atoms with Crippen molar-refractivity contribution >= 4 is 5.91 Å². The molecule has 0 saturated carbocycles. The maximum Gasteiger partial charge on any atom is 0.249 e. The molecule has 5 N–H and O–H groups in total. The van der Waals surface area contributed by atoms with Gasteiger partial charge in [0.1, 0.15) is 12.2 Å². The van der Waals surface area contributed by atoms with E-state index < -0.39 is 36.9 Å². The monoisotopic (exact) mass is 694 g/mol. The van der Waals surface area contributed by atoms with Crippen molar-refractivity contribution in [2.24, 2.45) is 0 Å². The van der Waals surface area contributed by atoms with E-state index in [4.69, 9.17) is 0 Å². The Morgan fingerprint density at radius 1 is 0.490 bits per heavy atom. The molecule has 49 heavy (non-hydrogen) atoms. The van der Waals surface area contributed by atoms with Crippen LogP contribution in [0.1, 0.15) is 213 Å². The molecule has 0 fully saturated rings. The third kappa shape index (κ3) is 32.4. The Morgan fingerprint density at radius 3 is 1.29 bits per heavy atom. The molecular weight excluding hydrogens is 610 g/mol. The van der Waals surface area contributed by atoms with E-state index in [0.717, 1.165) is 38.5 Å². The molecule has 1 amide bonds. The van der Waals surface area contributed by atoms with Crippen LogP contribution in [0.3, 0.4) is 0 Å². The van der Waals surface area contributed by atoms with Gasteiger partial charge in [-0.25, -0.2) is 0 Å². The minimum absolute atomic E-state index is 0.363. The van der Waals surface area contributed by atoms with E-state index in [9.17, 15) is 25.2 Å². The highest BCUT2D eigenvalue weighted by molar-refractivity contribution is 5.80. The number of aliphatic hydroxyl groups excluding tert-OH is 4. The molecule has 6 nitrogen and oxygen atoms in total. The van der Waals surface area contributed by atoms with Crippen LogP contribution in [0, 0.1) is 0 Å². The summed E-state index contributed by atoms with van der Waals surface area (Å²) >= 11 is 0. The van der Waals surface area contributed by atoms with Crippen molar-refractivity contribution in [1.82, 2.24) is 5.32 Å². The van der Waals surface area contributed by atoms with Crippen molar-refractivity contribution < 1.29 is 25.2 Å². The highest BCUT2D eigenvalue weighted by atomic mass is 16.3. The molecule has 0 aromatic heterocycles. The zero-order chi connectivity index (χ0) is 36.0. The Morgan fingerprint density at radius 2 is 0.857 bits per heavy atom. The van der Waals surface area contributed by atoms with E-state index in [1.54, 1.807) is 0 Å². The number of aliphatic hydroxyl groups is 4. The molecule has 0 aromatic rings. The SMILES string of the molecule is CCCCCCCCCCC/C=C/CC/C=C/CCCC(O)C(O)C(CO)NC(=O)C(O)CCCCCCCCCCCCCCCCC. The first kappa shape index (κ1) is 47.8. The van der Waals surface area contributed by atoms with Gasteiger partial charge in [-0.1, -0.05) is 186 Å². The lowest BCUT2D eigenvalue weighted by molar-refractivity contribution is -0.132. The average Bonchev–Trinajstić information content (AvgIpc) is 3.11. The van der Waals surface area contributed by atoms with Crippen LogP contribution in [0.25, 0.3) is 0 Å². The minimum atomic E-state index is -1.29. The highest BCUT2D eigenvalue weighted by Crippen LogP contribution is 2.15. The molecule has 0 aromatic carbocycles. The minimum Gasteiger partial charge on any atom is -0.394 e. The smallest absolute Gasteiger partial charge is 0.249 e. The number of carbonyl (C=O) groups excluding carboxylic acids is 1. The molecule has 0 bridgehead atoms. The number of amides is 1. The van der Waals surface area contributed by atoms with Crippen LogP contribution >= 0.6 is 0 Å². The van der Waals surface area contributed by atoms with Crippen molar-refractivity contribution in [1.29, 1.82) is 0 Å². The normalized spacial score (nSPS) is 14.5. The molecule has 0 rings (SSSR count). The molecule has 4 unspecified atom stereocenters. The first-order chi connectivity index (χ1) is 24.0. The summed E-state index contributed by atoms with van der Waals surface area (Å²) in [5.74, 6) is -0.596. The van der Waals surface area contributed by atoms with E-state index in [0.29, 0.717) is 19.3 Å². The zero-order valence-electron chi connectivity index (χ0n) is 32.4. The van der Waals surface area contributed by atoms with Crippen LogP contribution in [-0.2, 0) is 4.79 Å². The first-order valence-electron chi connectivity index (χ1n) is 21.2. The standard InChI is InChI=1S/C43H83NO5/c1-3-5-7-9-11-13-15-17-19-20-21-23-24-26-28-30-32-34-36-40(46)42(48)39(38-45)44-43(49)41(47)37-35-33-31-29-27-25-22-18-16-14-12-10-8-6-4-2/h21,23,28,30,39-42,45-48H,3-20,22,24-27,29,31-38H2,1-2H3,(H,44,49)/b23-21+,30-28+. The summed E-state index contributed by atoms with van der Waals surface area (Å²) in [7, 11) is 0. The molecule has 0 saturated heterocycles. The van der Waals surface area contributed by atoms with Gasteiger partial charge in [0.25, 0.3) is 0 Å². The topological polar surface area (TPSA) is 110 Å². The van der Waals surface area contributed by atoms with Crippen molar-refractivity contribution in [3.05, 3.63) is 24.3 Å².